The number of halogens is 3. The summed E-state index contributed by atoms with van der Waals surface area (Å²) in [5.74, 6) is 0.396. The van der Waals surface area contributed by atoms with Gasteiger partial charge in [0.2, 0.25) is 0 Å². The highest BCUT2D eigenvalue weighted by Crippen LogP contribution is 2.36. The third kappa shape index (κ3) is 3.21. The molecule has 0 fully saturated rings. The van der Waals surface area contributed by atoms with Crippen LogP contribution >= 0.6 is 0 Å². The monoisotopic (exact) mass is 318 g/mol. The molecule has 3 aromatic rings. The summed E-state index contributed by atoms with van der Waals surface area (Å²) >= 11 is 0. The van der Waals surface area contributed by atoms with Crippen molar-refractivity contribution < 1.29 is 18.3 Å². The van der Waals surface area contributed by atoms with Crippen molar-refractivity contribution in [2.75, 3.05) is 0 Å². The van der Waals surface area contributed by atoms with Crippen molar-refractivity contribution in [3.8, 4) is 17.1 Å². The standard InChI is InChI=1S/C17H13F3N2O/c18-17(19,20)15-4-2-1-3-14(15)16-21-9-10-22(16)11-12-5-7-13(23)8-6-12/h1-10,23H,11H2. The summed E-state index contributed by atoms with van der Waals surface area (Å²) in [5.41, 5.74) is 0.188. The molecule has 0 aliphatic rings. The van der Waals surface area contributed by atoms with Crippen LogP contribution in [-0.4, -0.2) is 14.7 Å². The maximum atomic E-state index is 13.2. The van der Waals surface area contributed by atoms with Gasteiger partial charge in [0, 0.05) is 24.5 Å². The topological polar surface area (TPSA) is 38.0 Å². The molecule has 0 aliphatic carbocycles. The highest BCUT2D eigenvalue weighted by molar-refractivity contribution is 5.61. The fourth-order valence-electron chi connectivity index (χ4n) is 2.40. The van der Waals surface area contributed by atoms with E-state index >= 15 is 0 Å². The maximum absolute atomic E-state index is 13.2. The van der Waals surface area contributed by atoms with Gasteiger partial charge in [-0.25, -0.2) is 4.98 Å². The number of phenolic OH excluding ortho intramolecular Hbond substituents is 1. The predicted molar refractivity (Wildman–Crippen MR) is 79.9 cm³/mol. The molecule has 0 saturated carbocycles. The Morgan fingerprint density at radius 3 is 2.39 bits per heavy atom. The van der Waals surface area contributed by atoms with E-state index in [0.29, 0.717) is 6.54 Å². The first-order valence-electron chi connectivity index (χ1n) is 6.91. The van der Waals surface area contributed by atoms with Crippen molar-refractivity contribution in [3.63, 3.8) is 0 Å². The van der Waals surface area contributed by atoms with Crippen molar-refractivity contribution in [1.82, 2.24) is 9.55 Å². The van der Waals surface area contributed by atoms with Gasteiger partial charge in [0.25, 0.3) is 0 Å². The maximum Gasteiger partial charge on any atom is 0.417 e. The average Bonchev–Trinajstić information content (AvgIpc) is 2.97. The normalized spacial score (nSPS) is 11.6. The van der Waals surface area contributed by atoms with Crippen LogP contribution in [0.4, 0.5) is 13.2 Å². The molecule has 0 saturated heterocycles. The summed E-state index contributed by atoms with van der Waals surface area (Å²) < 4.78 is 41.2. The van der Waals surface area contributed by atoms with E-state index in [0.717, 1.165) is 11.6 Å². The minimum absolute atomic E-state index is 0.0452. The number of hydrogen-bond acceptors (Lipinski definition) is 2. The van der Waals surface area contributed by atoms with Crippen LogP contribution in [0, 0.1) is 0 Å². The predicted octanol–water partition coefficient (Wildman–Crippen LogP) is 4.32. The molecular weight excluding hydrogens is 305 g/mol. The first kappa shape index (κ1) is 15.1. The number of rotatable bonds is 3. The van der Waals surface area contributed by atoms with Crippen LogP contribution in [0.25, 0.3) is 11.4 Å². The summed E-state index contributed by atoms with van der Waals surface area (Å²) in [6.45, 7) is 0.363. The molecule has 23 heavy (non-hydrogen) atoms. The van der Waals surface area contributed by atoms with Gasteiger partial charge >= 0.3 is 6.18 Å². The fourth-order valence-corrected chi connectivity index (χ4v) is 2.40. The van der Waals surface area contributed by atoms with Crippen LogP contribution < -0.4 is 0 Å². The van der Waals surface area contributed by atoms with E-state index in [1.165, 1.54) is 30.5 Å². The molecule has 2 aromatic carbocycles. The Balaban J connectivity index is 2.00. The number of phenols is 1. The van der Waals surface area contributed by atoms with Crippen LogP contribution in [0.5, 0.6) is 5.75 Å². The van der Waals surface area contributed by atoms with Gasteiger partial charge in [-0.15, -0.1) is 0 Å². The largest absolute Gasteiger partial charge is 0.508 e. The van der Waals surface area contributed by atoms with Crippen molar-refractivity contribution in [1.29, 1.82) is 0 Å². The second-order valence-electron chi connectivity index (χ2n) is 5.09. The number of imidazole rings is 1. The van der Waals surface area contributed by atoms with Gasteiger partial charge in [0.1, 0.15) is 11.6 Å². The lowest BCUT2D eigenvalue weighted by molar-refractivity contribution is -0.137. The first-order valence-corrected chi connectivity index (χ1v) is 6.91. The highest BCUT2D eigenvalue weighted by Gasteiger charge is 2.34. The number of alkyl halides is 3. The quantitative estimate of drug-likeness (QED) is 0.781. The number of nitrogens with zero attached hydrogens (tertiary/aromatic N) is 2. The minimum Gasteiger partial charge on any atom is -0.508 e. The smallest absolute Gasteiger partial charge is 0.417 e. The number of aromatic nitrogens is 2. The Morgan fingerprint density at radius 2 is 1.70 bits per heavy atom. The first-order chi connectivity index (χ1) is 10.9. The van der Waals surface area contributed by atoms with Crippen LogP contribution in [0.15, 0.2) is 60.9 Å². The molecular formula is C17H13F3N2O. The van der Waals surface area contributed by atoms with Crippen LogP contribution in [0.3, 0.4) is 0 Å². The third-order valence-corrected chi connectivity index (χ3v) is 3.48. The number of benzene rings is 2. The average molecular weight is 318 g/mol. The summed E-state index contributed by atoms with van der Waals surface area (Å²) in [7, 11) is 0. The molecule has 1 N–H and O–H groups in total. The molecule has 0 spiro atoms. The van der Waals surface area contributed by atoms with E-state index in [1.54, 1.807) is 29.0 Å². The molecule has 1 heterocycles. The molecule has 1 aromatic heterocycles. The fraction of sp³-hybridized carbons (Fsp3) is 0.118. The molecule has 3 nitrogen and oxygen atoms in total. The lowest BCUT2D eigenvalue weighted by Gasteiger charge is -2.14. The minimum atomic E-state index is -4.44. The van der Waals surface area contributed by atoms with E-state index < -0.39 is 11.7 Å². The van der Waals surface area contributed by atoms with Gasteiger partial charge in [-0.1, -0.05) is 30.3 Å². The zero-order valence-corrected chi connectivity index (χ0v) is 12.0. The lowest BCUT2D eigenvalue weighted by atomic mass is 10.1. The third-order valence-electron chi connectivity index (χ3n) is 3.48. The van der Waals surface area contributed by atoms with Crippen molar-refractivity contribution in [2.45, 2.75) is 12.7 Å². The lowest BCUT2D eigenvalue weighted by Crippen LogP contribution is -2.09. The van der Waals surface area contributed by atoms with Gasteiger partial charge in [0.15, 0.2) is 0 Å². The summed E-state index contributed by atoms with van der Waals surface area (Å²) in [6, 6.07) is 11.9. The molecule has 118 valence electrons. The van der Waals surface area contributed by atoms with Gasteiger partial charge in [-0.05, 0) is 23.8 Å². The van der Waals surface area contributed by atoms with Gasteiger partial charge < -0.3 is 9.67 Å². The summed E-state index contributed by atoms with van der Waals surface area (Å²) in [4.78, 5) is 4.09. The summed E-state index contributed by atoms with van der Waals surface area (Å²) in [5, 5.41) is 9.30. The molecule has 3 rings (SSSR count). The van der Waals surface area contributed by atoms with Gasteiger partial charge in [-0.2, -0.15) is 13.2 Å². The zero-order valence-electron chi connectivity index (χ0n) is 12.0. The zero-order chi connectivity index (χ0) is 16.4. The van der Waals surface area contributed by atoms with E-state index in [-0.39, 0.29) is 17.1 Å². The van der Waals surface area contributed by atoms with E-state index in [2.05, 4.69) is 4.98 Å². The molecule has 0 aliphatic heterocycles. The van der Waals surface area contributed by atoms with Gasteiger partial charge in [-0.3, -0.25) is 0 Å². The Hall–Kier alpha value is -2.76. The van der Waals surface area contributed by atoms with E-state index in [9.17, 15) is 18.3 Å². The van der Waals surface area contributed by atoms with Crippen LogP contribution in [-0.2, 0) is 12.7 Å². The second kappa shape index (κ2) is 5.79. The molecule has 0 radical (unpaired) electrons. The molecule has 0 amide bonds. The van der Waals surface area contributed by atoms with Crippen LogP contribution in [0.2, 0.25) is 0 Å². The van der Waals surface area contributed by atoms with Crippen molar-refractivity contribution in [3.05, 3.63) is 72.1 Å². The molecule has 0 atom stereocenters. The Kier molecular flexibility index (Phi) is 3.82. The van der Waals surface area contributed by atoms with E-state index in [4.69, 9.17) is 0 Å². The van der Waals surface area contributed by atoms with E-state index in [1.807, 2.05) is 0 Å². The highest BCUT2D eigenvalue weighted by atomic mass is 19.4. The van der Waals surface area contributed by atoms with Crippen molar-refractivity contribution >= 4 is 0 Å². The molecule has 0 unspecified atom stereocenters. The SMILES string of the molecule is Oc1ccc(Cn2ccnc2-c2ccccc2C(F)(F)F)cc1. The number of aromatic hydroxyl groups is 1. The van der Waals surface area contributed by atoms with Gasteiger partial charge in [0.05, 0.1) is 5.56 Å². The van der Waals surface area contributed by atoms with Crippen molar-refractivity contribution in [2.24, 2.45) is 0 Å². The van der Waals surface area contributed by atoms with Crippen LogP contribution in [0.1, 0.15) is 11.1 Å². The Labute approximate surface area is 130 Å². The summed E-state index contributed by atoms with van der Waals surface area (Å²) in [6.07, 6.45) is -1.33. The Bertz CT molecular complexity index is 807. The molecule has 0 bridgehead atoms. The molecule has 6 heteroatoms. The number of hydrogen-bond donors (Lipinski definition) is 1. The Morgan fingerprint density at radius 1 is 1.00 bits per heavy atom. The second-order valence-corrected chi connectivity index (χ2v) is 5.09.